The van der Waals surface area contributed by atoms with Crippen LogP contribution < -0.4 is 4.72 Å². The Morgan fingerprint density at radius 3 is 2.43 bits per heavy atom. The first-order chi connectivity index (χ1) is 13.8. The van der Waals surface area contributed by atoms with Crippen molar-refractivity contribution in [2.75, 3.05) is 7.05 Å². The zero-order valence-corrected chi connectivity index (χ0v) is 20.9. The minimum Gasteiger partial charge on any atom is -0.444 e. The summed E-state index contributed by atoms with van der Waals surface area (Å²) in [6, 6.07) is 10.2. The van der Waals surface area contributed by atoms with Crippen molar-refractivity contribution in [1.29, 1.82) is 0 Å². The standard InChI is InChI=1S/C23H34N2O3S2/c1-16(24-30(27)23(5,6)7)20-13-18(15-29-20)19-12-10-9-11-17(19)14-25(8)21(26)28-22(2,3)4/h9-13,15-16,24H,14H2,1-8H3/t16?,30-/m1/s1. The Morgan fingerprint density at radius 2 is 1.83 bits per heavy atom. The van der Waals surface area contributed by atoms with Crippen molar-refractivity contribution in [1.82, 2.24) is 9.62 Å². The van der Waals surface area contributed by atoms with Gasteiger partial charge in [0.25, 0.3) is 0 Å². The fourth-order valence-electron chi connectivity index (χ4n) is 2.72. The molecule has 1 aromatic heterocycles. The highest BCUT2D eigenvalue weighted by atomic mass is 32.2. The first kappa shape index (κ1) is 24.6. The molecule has 1 amide bonds. The molecular weight excluding hydrogens is 416 g/mol. The molecule has 0 saturated carbocycles. The lowest BCUT2D eigenvalue weighted by Crippen LogP contribution is -2.34. The normalized spacial score (nSPS) is 14.3. The maximum Gasteiger partial charge on any atom is 0.410 e. The number of nitrogens with one attached hydrogen (secondary N) is 1. The molecule has 1 heterocycles. The first-order valence-electron chi connectivity index (χ1n) is 10.1. The molecule has 0 bridgehead atoms. The molecule has 0 aliphatic rings. The molecule has 1 aromatic carbocycles. The van der Waals surface area contributed by atoms with Gasteiger partial charge in [-0.2, -0.15) is 0 Å². The predicted octanol–water partition coefficient (Wildman–Crippen LogP) is 5.89. The highest BCUT2D eigenvalue weighted by Gasteiger charge is 2.23. The van der Waals surface area contributed by atoms with Gasteiger partial charge in [-0.3, -0.25) is 0 Å². The van der Waals surface area contributed by atoms with E-state index >= 15 is 0 Å². The lowest BCUT2D eigenvalue weighted by atomic mass is 10.0. The second kappa shape index (κ2) is 9.62. The zero-order chi connectivity index (χ0) is 22.7. The number of hydrogen-bond donors (Lipinski definition) is 1. The highest BCUT2D eigenvalue weighted by Crippen LogP contribution is 2.32. The third-order valence-corrected chi connectivity index (χ3v) is 7.12. The minimum atomic E-state index is -1.13. The summed E-state index contributed by atoms with van der Waals surface area (Å²) in [7, 11) is 0.617. The quantitative estimate of drug-likeness (QED) is 0.596. The molecule has 30 heavy (non-hydrogen) atoms. The van der Waals surface area contributed by atoms with Gasteiger partial charge in [-0.25, -0.2) is 13.7 Å². The molecule has 0 radical (unpaired) electrons. The molecule has 0 spiro atoms. The number of benzene rings is 1. The number of hydrogen-bond acceptors (Lipinski definition) is 4. The molecule has 0 saturated heterocycles. The lowest BCUT2D eigenvalue weighted by Gasteiger charge is -2.25. The van der Waals surface area contributed by atoms with Crippen molar-refractivity contribution in [3.8, 4) is 11.1 Å². The summed E-state index contributed by atoms with van der Waals surface area (Å²) in [5, 5.41) is 2.11. The Kier molecular flexibility index (Phi) is 7.88. The van der Waals surface area contributed by atoms with E-state index in [-0.39, 0.29) is 16.9 Å². The number of carbonyl (C=O) groups excluding carboxylic acids is 1. The van der Waals surface area contributed by atoms with Gasteiger partial charge in [0.05, 0.1) is 21.8 Å². The molecule has 1 unspecified atom stereocenters. The summed E-state index contributed by atoms with van der Waals surface area (Å²) < 4.78 is 20.8. The minimum absolute atomic E-state index is 0.0135. The van der Waals surface area contributed by atoms with Gasteiger partial charge in [0.1, 0.15) is 5.60 Å². The van der Waals surface area contributed by atoms with Crippen LogP contribution in [0.25, 0.3) is 11.1 Å². The molecule has 0 aliphatic carbocycles. The fourth-order valence-corrected chi connectivity index (χ4v) is 4.51. The fraction of sp³-hybridized carbons (Fsp3) is 0.522. The van der Waals surface area contributed by atoms with Crippen LogP contribution in [0.1, 0.15) is 64.9 Å². The molecule has 5 nitrogen and oxygen atoms in total. The van der Waals surface area contributed by atoms with Crippen LogP contribution in [0, 0.1) is 0 Å². The van der Waals surface area contributed by atoms with E-state index in [4.69, 9.17) is 4.74 Å². The van der Waals surface area contributed by atoms with E-state index in [0.717, 1.165) is 21.6 Å². The summed E-state index contributed by atoms with van der Waals surface area (Å²) in [5.74, 6) is 0. The predicted molar refractivity (Wildman–Crippen MR) is 127 cm³/mol. The molecule has 0 fully saturated rings. The molecule has 166 valence electrons. The van der Waals surface area contributed by atoms with Gasteiger partial charge in [-0.05, 0) is 76.6 Å². The van der Waals surface area contributed by atoms with Crippen molar-refractivity contribution in [2.45, 2.75) is 71.4 Å². The van der Waals surface area contributed by atoms with Crippen molar-refractivity contribution in [2.24, 2.45) is 0 Å². The molecule has 1 N–H and O–H groups in total. The van der Waals surface area contributed by atoms with Gasteiger partial charge >= 0.3 is 6.09 Å². The summed E-state index contributed by atoms with van der Waals surface area (Å²) in [4.78, 5) is 15.1. The molecule has 2 rings (SSSR count). The van der Waals surface area contributed by atoms with Crippen molar-refractivity contribution in [3.05, 3.63) is 46.2 Å². The van der Waals surface area contributed by atoms with E-state index in [2.05, 4.69) is 22.2 Å². The van der Waals surface area contributed by atoms with Gasteiger partial charge < -0.3 is 9.64 Å². The van der Waals surface area contributed by atoms with Gasteiger partial charge in [-0.15, -0.1) is 11.3 Å². The van der Waals surface area contributed by atoms with Crippen LogP contribution in [-0.4, -0.2) is 32.6 Å². The second-order valence-electron chi connectivity index (χ2n) is 9.45. The van der Waals surface area contributed by atoms with E-state index in [0.29, 0.717) is 6.54 Å². The van der Waals surface area contributed by atoms with Gasteiger partial charge in [-0.1, -0.05) is 24.3 Å². The summed E-state index contributed by atoms with van der Waals surface area (Å²) in [5.41, 5.74) is 2.70. The molecule has 7 heteroatoms. The third kappa shape index (κ3) is 6.93. The largest absolute Gasteiger partial charge is 0.444 e. The number of rotatable bonds is 6. The Labute approximate surface area is 187 Å². The van der Waals surface area contributed by atoms with Crippen LogP contribution in [0.4, 0.5) is 4.79 Å². The van der Waals surface area contributed by atoms with Gasteiger partial charge in [0.2, 0.25) is 0 Å². The van der Waals surface area contributed by atoms with Crippen LogP contribution >= 0.6 is 11.3 Å². The average Bonchev–Trinajstić information content (AvgIpc) is 3.09. The summed E-state index contributed by atoms with van der Waals surface area (Å²) in [6.07, 6.45) is -0.342. The number of carbonyl (C=O) groups is 1. The van der Waals surface area contributed by atoms with E-state index in [1.54, 1.807) is 23.3 Å². The topological polar surface area (TPSA) is 58.6 Å². The van der Waals surface area contributed by atoms with Gasteiger partial charge in [0, 0.05) is 18.5 Å². The summed E-state index contributed by atoms with van der Waals surface area (Å²) >= 11 is 1.64. The average molecular weight is 451 g/mol. The zero-order valence-electron chi connectivity index (χ0n) is 19.2. The number of thiophene rings is 1. The van der Waals surface area contributed by atoms with Crippen LogP contribution in [0.5, 0.6) is 0 Å². The van der Waals surface area contributed by atoms with E-state index < -0.39 is 16.6 Å². The van der Waals surface area contributed by atoms with Crippen LogP contribution in [0.3, 0.4) is 0 Å². The van der Waals surface area contributed by atoms with Crippen LogP contribution in [0.2, 0.25) is 0 Å². The number of ether oxygens (including phenoxy) is 1. The van der Waals surface area contributed by atoms with E-state index in [1.807, 2.05) is 66.7 Å². The Bertz CT molecular complexity index is 894. The maximum absolute atomic E-state index is 12.4. The molecule has 0 aliphatic heterocycles. The highest BCUT2D eigenvalue weighted by molar-refractivity contribution is 7.84. The Hall–Kier alpha value is -1.70. The van der Waals surface area contributed by atoms with E-state index in [9.17, 15) is 9.00 Å². The van der Waals surface area contributed by atoms with Crippen LogP contribution in [0.15, 0.2) is 35.7 Å². The molecule has 2 atom stereocenters. The van der Waals surface area contributed by atoms with Crippen molar-refractivity contribution in [3.63, 3.8) is 0 Å². The van der Waals surface area contributed by atoms with Crippen molar-refractivity contribution >= 4 is 28.4 Å². The number of nitrogens with zero attached hydrogens (tertiary/aromatic N) is 1. The molecule has 2 aromatic rings. The first-order valence-corrected chi connectivity index (χ1v) is 12.1. The smallest absolute Gasteiger partial charge is 0.410 e. The van der Waals surface area contributed by atoms with Crippen LogP contribution in [-0.2, 0) is 22.3 Å². The Morgan fingerprint density at radius 1 is 1.20 bits per heavy atom. The third-order valence-electron chi connectivity index (χ3n) is 4.33. The van der Waals surface area contributed by atoms with E-state index in [1.165, 1.54) is 0 Å². The number of amides is 1. The SMILES string of the molecule is CC(N[S@](=O)C(C)(C)C)c1cc(-c2ccccc2CN(C)C(=O)OC(C)(C)C)cs1. The Balaban J connectivity index is 2.18. The monoisotopic (exact) mass is 450 g/mol. The summed E-state index contributed by atoms with van der Waals surface area (Å²) in [6.45, 7) is 13.9. The second-order valence-corrected chi connectivity index (χ2v) is 12.4. The van der Waals surface area contributed by atoms with Gasteiger partial charge in [0.15, 0.2) is 0 Å². The maximum atomic E-state index is 12.4. The lowest BCUT2D eigenvalue weighted by molar-refractivity contribution is 0.0285. The molecular formula is C23H34N2O3S2. The van der Waals surface area contributed by atoms with Crippen molar-refractivity contribution < 1.29 is 13.7 Å².